The molecule has 0 fully saturated rings. The van der Waals surface area contributed by atoms with Crippen molar-refractivity contribution in [1.29, 1.82) is 0 Å². The van der Waals surface area contributed by atoms with Crippen LogP contribution in [0.2, 0.25) is 3.72 Å². The third kappa shape index (κ3) is 1.85. The maximum absolute atomic E-state index is 5.69. The molecule has 0 aromatic rings. The van der Waals surface area contributed by atoms with E-state index in [4.69, 9.17) is 9.96 Å². The third-order valence-corrected chi connectivity index (χ3v) is 9.18. The molecule has 0 saturated carbocycles. The predicted molar refractivity (Wildman–Crippen MR) is 61.5 cm³/mol. The maximum atomic E-state index is 5.69. The van der Waals surface area contributed by atoms with Gasteiger partial charge in [-0.2, -0.15) is 0 Å². The molecule has 0 amide bonds. The van der Waals surface area contributed by atoms with Gasteiger partial charge in [-0.15, -0.1) is 0 Å². The van der Waals surface area contributed by atoms with Gasteiger partial charge in [0.1, 0.15) is 0 Å². The van der Waals surface area contributed by atoms with Crippen LogP contribution in [0.15, 0.2) is 24.3 Å². The van der Waals surface area contributed by atoms with Crippen LogP contribution in [-0.4, -0.2) is 21.3 Å². The summed E-state index contributed by atoms with van der Waals surface area (Å²) in [5.74, 6) is 0. The Morgan fingerprint density at radius 3 is 1.50 bits per heavy atom. The van der Waals surface area contributed by atoms with Gasteiger partial charge in [0.2, 0.25) is 0 Å². The van der Waals surface area contributed by atoms with E-state index >= 15 is 0 Å². The van der Waals surface area contributed by atoms with Crippen molar-refractivity contribution in [2.24, 2.45) is 5.41 Å². The summed E-state index contributed by atoms with van der Waals surface area (Å²) in [6, 6.07) is 0. The second-order valence-corrected chi connectivity index (χ2v) is 9.95. The Balaban J connectivity index is 3.32. The molecule has 0 bridgehead atoms. The van der Waals surface area contributed by atoms with Gasteiger partial charge in [0.25, 0.3) is 0 Å². The molecule has 1 aliphatic rings. The Labute approximate surface area is 103 Å². The van der Waals surface area contributed by atoms with Gasteiger partial charge in [0, 0.05) is 0 Å². The average Bonchev–Trinajstić information content (AvgIpc) is 2.71. The van der Waals surface area contributed by atoms with Crippen LogP contribution in [0.5, 0.6) is 0 Å². The summed E-state index contributed by atoms with van der Waals surface area (Å²) >= 11 is -3.32. The monoisotopic (exact) mass is 262 g/mol. The number of hydrogen-bond donors (Lipinski definition) is 0. The topological polar surface area (TPSA) is 27.7 Å². The average molecular weight is 262 g/mol. The first-order valence-electron chi connectivity index (χ1n) is 5.41. The summed E-state index contributed by atoms with van der Waals surface area (Å²) in [7, 11) is 5.04. The number of allylic oxidation sites excluding steroid dienone is 4. The van der Waals surface area contributed by atoms with E-state index in [9.17, 15) is 0 Å². The minimum atomic E-state index is -3.32. The van der Waals surface area contributed by atoms with Gasteiger partial charge < -0.3 is 0 Å². The first-order valence-corrected chi connectivity index (χ1v) is 8.11. The van der Waals surface area contributed by atoms with E-state index in [1.54, 1.807) is 21.3 Å². The molecule has 0 spiro atoms. The summed E-state index contributed by atoms with van der Waals surface area (Å²) < 4.78 is 16.8. The summed E-state index contributed by atoms with van der Waals surface area (Å²) in [6.45, 7) is 6.55. The van der Waals surface area contributed by atoms with Crippen molar-refractivity contribution in [3.05, 3.63) is 24.3 Å². The van der Waals surface area contributed by atoms with Crippen molar-refractivity contribution in [2.75, 3.05) is 21.3 Å². The Morgan fingerprint density at radius 1 is 0.875 bits per heavy atom. The van der Waals surface area contributed by atoms with Crippen molar-refractivity contribution < 1.29 is 27.7 Å². The molecule has 16 heavy (non-hydrogen) atoms. The molecule has 1 rings (SSSR count). The van der Waals surface area contributed by atoms with Gasteiger partial charge in [-0.3, -0.25) is 0 Å². The molecular formula is C12H22O3Ti. The second kappa shape index (κ2) is 4.75. The minimum absolute atomic E-state index is 0.00146. The van der Waals surface area contributed by atoms with Gasteiger partial charge >= 0.3 is 103 Å². The third-order valence-electron chi connectivity index (χ3n) is 3.38. The van der Waals surface area contributed by atoms with E-state index in [1.165, 1.54) is 0 Å². The van der Waals surface area contributed by atoms with E-state index in [0.29, 0.717) is 0 Å². The van der Waals surface area contributed by atoms with Crippen LogP contribution in [0, 0.1) is 5.41 Å². The standard InChI is InChI=1S/C9H13.3CH3O.Ti/c1-9(2,3)8-6-4-5-7-8;3*1-2;/h4-7H,1-3H3;3*1H3;/q;3*-1;+3. The normalized spacial score (nSPS) is 19.4. The van der Waals surface area contributed by atoms with Gasteiger partial charge in [-0.25, -0.2) is 0 Å². The Hall–Kier alpha value is 0.0743. The van der Waals surface area contributed by atoms with E-state index in [-0.39, 0.29) is 9.13 Å². The van der Waals surface area contributed by atoms with Crippen LogP contribution in [0.25, 0.3) is 0 Å². The molecule has 0 saturated heterocycles. The molecule has 0 aromatic heterocycles. The van der Waals surface area contributed by atoms with Crippen LogP contribution >= 0.6 is 0 Å². The fraction of sp³-hybridized carbons (Fsp3) is 0.667. The molecule has 0 unspecified atom stereocenters. The summed E-state index contributed by atoms with van der Waals surface area (Å²) in [6.07, 6.45) is 8.40. The van der Waals surface area contributed by atoms with E-state index < -0.39 is 17.8 Å². The van der Waals surface area contributed by atoms with E-state index in [0.717, 1.165) is 0 Å². The second-order valence-electron chi connectivity index (χ2n) is 5.01. The van der Waals surface area contributed by atoms with E-state index in [1.807, 2.05) is 12.2 Å². The van der Waals surface area contributed by atoms with Gasteiger partial charge in [-0.1, -0.05) is 0 Å². The Bertz CT molecular complexity index is 278. The quantitative estimate of drug-likeness (QED) is 0.728. The van der Waals surface area contributed by atoms with Crippen molar-refractivity contribution in [2.45, 2.75) is 24.5 Å². The molecule has 0 atom stereocenters. The van der Waals surface area contributed by atoms with Crippen LogP contribution in [-0.2, 0) is 27.7 Å². The predicted octanol–water partition coefficient (Wildman–Crippen LogP) is 3.16. The zero-order chi connectivity index (χ0) is 12.4. The summed E-state index contributed by atoms with van der Waals surface area (Å²) in [4.78, 5) is 0. The molecule has 1 aliphatic carbocycles. The van der Waals surface area contributed by atoms with Gasteiger partial charge in [0.15, 0.2) is 0 Å². The molecule has 0 aromatic carbocycles. The molecule has 0 radical (unpaired) electrons. The van der Waals surface area contributed by atoms with Crippen LogP contribution in [0.3, 0.4) is 0 Å². The van der Waals surface area contributed by atoms with Crippen molar-refractivity contribution in [3.8, 4) is 0 Å². The molecule has 0 heterocycles. The van der Waals surface area contributed by atoms with E-state index in [2.05, 4.69) is 32.9 Å². The van der Waals surface area contributed by atoms with Crippen molar-refractivity contribution in [1.82, 2.24) is 0 Å². The summed E-state index contributed by atoms with van der Waals surface area (Å²) in [5, 5.41) is 0. The fourth-order valence-corrected chi connectivity index (χ4v) is 7.13. The molecule has 4 heteroatoms. The molecule has 0 aliphatic heterocycles. The Morgan fingerprint density at radius 2 is 1.25 bits per heavy atom. The molecule has 3 nitrogen and oxygen atoms in total. The van der Waals surface area contributed by atoms with Gasteiger partial charge in [0.05, 0.1) is 0 Å². The Kier molecular flexibility index (Phi) is 4.20. The number of rotatable bonds is 4. The van der Waals surface area contributed by atoms with Crippen molar-refractivity contribution in [3.63, 3.8) is 0 Å². The van der Waals surface area contributed by atoms with Crippen LogP contribution < -0.4 is 0 Å². The van der Waals surface area contributed by atoms with Crippen molar-refractivity contribution >= 4 is 0 Å². The zero-order valence-corrected chi connectivity index (χ0v) is 12.6. The molecule has 92 valence electrons. The van der Waals surface area contributed by atoms with Crippen LogP contribution in [0.4, 0.5) is 0 Å². The van der Waals surface area contributed by atoms with Gasteiger partial charge in [-0.05, 0) is 0 Å². The SMILES string of the molecule is C[O][Ti]([O]C)([O]C)[C]1(C(C)(C)C)C=CC=C1. The molecule has 0 N–H and O–H groups in total. The first-order chi connectivity index (χ1) is 7.39. The zero-order valence-electron chi connectivity index (χ0n) is 11.0. The fourth-order valence-electron chi connectivity index (χ4n) is 2.39. The summed E-state index contributed by atoms with van der Waals surface area (Å²) in [5.41, 5.74) is -0.00146. The first kappa shape index (κ1) is 14.1. The van der Waals surface area contributed by atoms with Crippen LogP contribution in [0.1, 0.15) is 20.8 Å². The number of hydrogen-bond acceptors (Lipinski definition) is 3. The molecular weight excluding hydrogens is 240 g/mol.